The first-order valence-corrected chi connectivity index (χ1v) is 19.2. The van der Waals surface area contributed by atoms with Crippen molar-refractivity contribution >= 4 is 11.9 Å². The first-order valence-electron chi connectivity index (χ1n) is 19.2. The molecule has 0 aromatic heterocycles. The Morgan fingerprint density at radius 1 is 0.596 bits per heavy atom. The summed E-state index contributed by atoms with van der Waals surface area (Å²) in [6, 6.07) is 0. The second-order valence-corrected chi connectivity index (χ2v) is 13.4. The van der Waals surface area contributed by atoms with E-state index in [1.807, 2.05) is 42.5 Å². The second kappa shape index (κ2) is 35.1. The summed E-state index contributed by atoms with van der Waals surface area (Å²) < 4.78 is 10.3. The molecule has 2 atom stereocenters. The van der Waals surface area contributed by atoms with Crippen LogP contribution >= 0.6 is 0 Å². The van der Waals surface area contributed by atoms with Crippen molar-refractivity contribution in [2.24, 2.45) is 5.92 Å². The Hall–Kier alpha value is -2.18. The number of hydrogen-bond donors (Lipinski definition) is 2. The summed E-state index contributed by atoms with van der Waals surface area (Å²) in [6.45, 7) is 6.48. The lowest BCUT2D eigenvalue weighted by Gasteiger charge is -2.12. The molecule has 0 saturated carbocycles. The van der Waals surface area contributed by atoms with Crippen LogP contribution in [0.2, 0.25) is 0 Å². The van der Waals surface area contributed by atoms with Crippen LogP contribution in [0.4, 0.5) is 0 Å². The van der Waals surface area contributed by atoms with Crippen molar-refractivity contribution in [3.63, 3.8) is 0 Å². The lowest BCUT2D eigenvalue weighted by molar-refractivity contribution is -0.152. The standard InChI is InChI=1S/C41H72O6/c1-4-5-6-7-15-21-26-31-38(42)32-27-22-17-14-19-24-29-34-41(45)47-36-39(43)35-46-40(44)33-28-23-18-13-11-9-8-10-12-16-20-25-30-37(2)3/h14-15,19,21-22,26-27,31,37-39,42-43H,4-13,16-18,20,23-25,28-30,32-36H2,1-3H3/b19-14+,21-15-,27-22-,31-26-/t38-,39+/m1/s1. The van der Waals surface area contributed by atoms with E-state index in [-0.39, 0.29) is 31.6 Å². The van der Waals surface area contributed by atoms with Crippen molar-refractivity contribution in [1.82, 2.24) is 0 Å². The van der Waals surface area contributed by atoms with Crippen LogP contribution in [-0.4, -0.2) is 47.6 Å². The van der Waals surface area contributed by atoms with Crippen LogP contribution in [0.1, 0.15) is 168 Å². The Balaban J connectivity index is 3.60. The minimum Gasteiger partial charge on any atom is -0.463 e. The Labute approximate surface area is 289 Å². The number of unbranched alkanes of at least 4 members (excludes halogenated alkanes) is 15. The van der Waals surface area contributed by atoms with Crippen molar-refractivity contribution in [2.45, 2.75) is 181 Å². The third-order valence-corrected chi connectivity index (χ3v) is 8.08. The summed E-state index contributed by atoms with van der Waals surface area (Å²) in [5.41, 5.74) is 0. The molecular formula is C41H72O6. The van der Waals surface area contributed by atoms with Gasteiger partial charge in [0, 0.05) is 12.8 Å². The van der Waals surface area contributed by atoms with E-state index in [1.165, 1.54) is 83.5 Å². The molecule has 0 spiro atoms. The lowest BCUT2D eigenvalue weighted by atomic mass is 10.0. The fourth-order valence-electron chi connectivity index (χ4n) is 5.11. The van der Waals surface area contributed by atoms with Crippen molar-refractivity contribution in [3.05, 3.63) is 48.6 Å². The molecule has 0 aromatic carbocycles. The first kappa shape index (κ1) is 44.8. The normalized spacial score (nSPS) is 13.5. The maximum atomic E-state index is 12.0. The van der Waals surface area contributed by atoms with Gasteiger partial charge >= 0.3 is 11.9 Å². The molecular weight excluding hydrogens is 588 g/mol. The summed E-state index contributed by atoms with van der Waals surface area (Å²) in [4.78, 5) is 23.9. The van der Waals surface area contributed by atoms with E-state index in [9.17, 15) is 19.8 Å². The quantitative estimate of drug-likeness (QED) is 0.0315. The van der Waals surface area contributed by atoms with Crippen molar-refractivity contribution < 1.29 is 29.3 Å². The third-order valence-electron chi connectivity index (χ3n) is 8.08. The average molecular weight is 661 g/mol. The molecule has 47 heavy (non-hydrogen) atoms. The van der Waals surface area contributed by atoms with Crippen LogP contribution in [0, 0.1) is 5.92 Å². The van der Waals surface area contributed by atoms with Gasteiger partial charge in [-0.05, 0) is 50.9 Å². The Kier molecular flexibility index (Phi) is 33.5. The van der Waals surface area contributed by atoms with E-state index in [2.05, 4.69) is 26.8 Å². The molecule has 0 unspecified atom stereocenters. The number of ether oxygens (including phenoxy) is 2. The predicted molar refractivity (Wildman–Crippen MR) is 197 cm³/mol. The highest BCUT2D eigenvalue weighted by atomic mass is 16.6. The molecule has 6 nitrogen and oxygen atoms in total. The molecule has 0 saturated heterocycles. The van der Waals surface area contributed by atoms with E-state index in [1.54, 1.807) is 0 Å². The molecule has 0 aliphatic rings. The highest BCUT2D eigenvalue weighted by Crippen LogP contribution is 2.14. The van der Waals surface area contributed by atoms with E-state index in [0.29, 0.717) is 19.3 Å². The number of carbonyl (C=O) groups is 2. The van der Waals surface area contributed by atoms with E-state index in [4.69, 9.17) is 9.47 Å². The molecule has 0 aliphatic heterocycles. The maximum absolute atomic E-state index is 12.0. The molecule has 0 aromatic rings. The third kappa shape index (κ3) is 36.5. The summed E-state index contributed by atoms with van der Waals surface area (Å²) in [5, 5.41) is 20.0. The molecule has 0 bridgehead atoms. The van der Waals surface area contributed by atoms with Crippen LogP contribution in [-0.2, 0) is 19.1 Å². The van der Waals surface area contributed by atoms with Crippen molar-refractivity contribution in [3.8, 4) is 0 Å². The number of hydrogen-bond acceptors (Lipinski definition) is 6. The fourth-order valence-corrected chi connectivity index (χ4v) is 5.11. The van der Waals surface area contributed by atoms with E-state index >= 15 is 0 Å². The van der Waals surface area contributed by atoms with Crippen LogP contribution in [0.5, 0.6) is 0 Å². The number of aliphatic hydroxyl groups is 2. The van der Waals surface area contributed by atoms with Crippen molar-refractivity contribution in [1.29, 1.82) is 0 Å². The first-order chi connectivity index (χ1) is 22.8. The highest BCUT2D eigenvalue weighted by molar-refractivity contribution is 5.69. The zero-order valence-corrected chi connectivity index (χ0v) is 30.6. The van der Waals surface area contributed by atoms with E-state index in [0.717, 1.165) is 44.4 Å². The molecule has 6 heteroatoms. The molecule has 2 N–H and O–H groups in total. The van der Waals surface area contributed by atoms with Gasteiger partial charge in [0.2, 0.25) is 0 Å². The Morgan fingerprint density at radius 3 is 1.72 bits per heavy atom. The summed E-state index contributed by atoms with van der Waals surface area (Å²) in [5.74, 6) is 0.165. The van der Waals surface area contributed by atoms with Gasteiger partial charge in [-0.15, -0.1) is 0 Å². The van der Waals surface area contributed by atoms with E-state index < -0.39 is 12.2 Å². The summed E-state index contributed by atoms with van der Waals surface area (Å²) in [7, 11) is 0. The second-order valence-electron chi connectivity index (χ2n) is 13.4. The van der Waals surface area contributed by atoms with Crippen LogP contribution in [0.15, 0.2) is 48.6 Å². The van der Waals surface area contributed by atoms with Crippen LogP contribution < -0.4 is 0 Å². The van der Waals surface area contributed by atoms with Crippen molar-refractivity contribution in [2.75, 3.05) is 13.2 Å². The minimum absolute atomic E-state index is 0.149. The topological polar surface area (TPSA) is 93.1 Å². The monoisotopic (exact) mass is 661 g/mol. The van der Waals surface area contributed by atoms with Gasteiger partial charge in [-0.1, -0.05) is 159 Å². The SMILES string of the molecule is CCCCC/C=C\C=C/[C@@H](O)C/C=C\C/C=C/CCCC(=O)OC[C@@H](O)COC(=O)CCCCCCCCCCCCCCC(C)C. The van der Waals surface area contributed by atoms with Gasteiger partial charge in [-0.2, -0.15) is 0 Å². The smallest absolute Gasteiger partial charge is 0.305 e. The van der Waals surface area contributed by atoms with Gasteiger partial charge in [-0.3, -0.25) is 9.59 Å². The minimum atomic E-state index is -1.00. The summed E-state index contributed by atoms with van der Waals surface area (Å²) >= 11 is 0. The molecule has 272 valence electrons. The fraction of sp³-hybridized carbons (Fsp3) is 0.756. The van der Waals surface area contributed by atoms with Gasteiger partial charge in [0.05, 0.1) is 6.10 Å². The number of esters is 2. The van der Waals surface area contributed by atoms with Crippen LogP contribution in [0.3, 0.4) is 0 Å². The van der Waals surface area contributed by atoms with Gasteiger partial charge in [0.1, 0.15) is 19.3 Å². The maximum Gasteiger partial charge on any atom is 0.305 e. The molecule has 0 rings (SSSR count). The largest absolute Gasteiger partial charge is 0.463 e. The van der Waals surface area contributed by atoms with Gasteiger partial charge in [0.15, 0.2) is 0 Å². The highest BCUT2D eigenvalue weighted by Gasteiger charge is 2.12. The molecule has 0 fully saturated rings. The zero-order valence-electron chi connectivity index (χ0n) is 30.6. The number of carbonyl (C=O) groups excluding carboxylic acids is 2. The predicted octanol–water partition coefficient (Wildman–Crippen LogP) is 10.7. The Morgan fingerprint density at radius 2 is 1.13 bits per heavy atom. The Bertz CT molecular complexity index is 828. The molecule has 0 radical (unpaired) electrons. The lowest BCUT2D eigenvalue weighted by Crippen LogP contribution is -2.25. The number of rotatable bonds is 33. The zero-order chi connectivity index (χ0) is 34.6. The number of aliphatic hydroxyl groups excluding tert-OH is 2. The molecule has 0 heterocycles. The van der Waals surface area contributed by atoms with Crippen LogP contribution in [0.25, 0.3) is 0 Å². The van der Waals surface area contributed by atoms with Gasteiger partial charge < -0.3 is 19.7 Å². The van der Waals surface area contributed by atoms with Gasteiger partial charge in [0.25, 0.3) is 0 Å². The van der Waals surface area contributed by atoms with Gasteiger partial charge in [-0.25, -0.2) is 0 Å². The number of allylic oxidation sites excluding steroid dienone is 6. The average Bonchev–Trinajstić information content (AvgIpc) is 3.05. The molecule has 0 aliphatic carbocycles. The molecule has 0 amide bonds. The summed E-state index contributed by atoms with van der Waals surface area (Å²) in [6.07, 6.45) is 39.1.